The minimum absolute atomic E-state index is 0.580. The summed E-state index contributed by atoms with van der Waals surface area (Å²) in [5.41, 5.74) is -0.580. The number of alkyl halides is 3. The Kier molecular flexibility index (Phi) is 5.85. The minimum atomic E-state index is -4.25. The predicted molar refractivity (Wildman–Crippen MR) is 65.3 cm³/mol. The fourth-order valence-corrected chi connectivity index (χ4v) is 2.17. The summed E-state index contributed by atoms with van der Waals surface area (Å²) in [5, 5.41) is 3.21. The van der Waals surface area contributed by atoms with Crippen LogP contribution in [0, 0.1) is 0 Å². The van der Waals surface area contributed by atoms with E-state index in [2.05, 4.69) is 12.2 Å². The van der Waals surface area contributed by atoms with Crippen molar-refractivity contribution in [2.45, 2.75) is 24.4 Å². The van der Waals surface area contributed by atoms with Gasteiger partial charge in [0.2, 0.25) is 0 Å². The monoisotopic (exact) mass is 263 g/mol. The number of hydrogen-bond acceptors (Lipinski definition) is 2. The van der Waals surface area contributed by atoms with Gasteiger partial charge in [-0.25, -0.2) is 0 Å². The SMILES string of the molecule is CCCNCCSc1cccc(C(F)(F)F)c1. The van der Waals surface area contributed by atoms with E-state index in [0.717, 1.165) is 31.3 Å². The van der Waals surface area contributed by atoms with Crippen molar-refractivity contribution in [1.29, 1.82) is 0 Å². The van der Waals surface area contributed by atoms with Gasteiger partial charge < -0.3 is 5.32 Å². The number of hydrogen-bond donors (Lipinski definition) is 1. The second kappa shape index (κ2) is 6.91. The van der Waals surface area contributed by atoms with Crippen LogP contribution in [0.15, 0.2) is 29.2 Å². The summed E-state index contributed by atoms with van der Waals surface area (Å²) < 4.78 is 37.3. The van der Waals surface area contributed by atoms with Gasteiger partial charge in [-0.15, -0.1) is 11.8 Å². The average molecular weight is 263 g/mol. The Morgan fingerprint density at radius 2 is 2.00 bits per heavy atom. The highest BCUT2D eigenvalue weighted by molar-refractivity contribution is 7.99. The van der Waals surface area contributed by atoms with Crippen molar-refractivity contribution in [3.8, 4) is 0 Å². The number of benzene rings is 1. The van der Waals surface area contributed by atoms with Crippen LogP contribution in [0.25, 0.3) is 0 Å². The Hall–Kier alpha value is -0.680. The molecule has 0 bridgehead atoms. The molecular weight excluding hydrogens is 247 g/mol. The third-order valence-electron chi connectivity index (χ3n) is 2.14. The molecule has 0 amide bonds. The van der Waals surface area contributed by atoms with Crippen molar-refractivity contribution >= 4 is 11.8 Å². The molecule has 1 rings (SSSR count). The molecule has 0 atom stereocenters. The average Bonchev–Trinajstić information content (AvgIpc) is 2.28. The van der Waals surface area contributed by atoms with E-state index in [0.29, 0.717) is 4.90 Å². The molecule has 5 heteroatoms. The van der Waals surface area contributed by atoms with Crippen molar-refractivity contribution in [1.82, 2.24) is 5.32 Å². The summed E-state index contributed by atoms with van der Waals surface area (Å²) in [6, 6.07) is 5.45. The second-order valence-corrected chi connectivity index (χ2v) is 4.79. The lowest BCUT2D eigenvalue weighted by atomic mass is 10.2. The van der Waals surface area contributed by atoms with Crippen molar-refractivity contribution in [3.05, 3.63) is 29.8 Å². The summed E-state index contributed by atoms with van der Waals surface area (Å²) in [6.07, 6.45) is -3.19. The molecule has 17 heavy (non-hydrogen) atoms. The molecule has 1 aromatic carbocycles. The van der Waals surface area contributed by atoms with E-state index in [1.807, 2.05) is 0 Å². The smallest absolute Gasteiger partial charge is 0.316 e. The number of rotatable bonds is 6. The van der Waals surface area contributed by atoms with Gasteiger partial charge in [0, 0.05) is 17.2 Å². The Balaban J connectivity index is 2.44. The highest BCUT2D eigenvalue weighted by atomic mass is 32.2. The fraction of sp³-hybridized carbons (Fsp3) is 0.500. The first kappa shape index (κ1) is 14.4. The molecule has 0 saturated heterocycles. The van der Waals surface area contributed by atoms with Gasteiger partial charge in [0.05, 0.1) is 5.56 Å². The highest BCUT2D eigenvalue weighted by Crippen LogP contribution is 2.31. The lowest BCUT2D eigenvalue weighted by Crippen LogP contribution is -2.17. The van der Waals surface area contributed by atoms with Crippen molar-refractivity contribution < 1.29 is 13.2 Å². The first-order valence-corrected chi connectivity index (χ1v) is 6.53. The van der Waals surface area contributed by atoms with Crippen LogP contribution >= 0.6 is 11.8 Å². The molecule has 96 valence electrons. The molecule has 0 aliphatic carbocycles. The van der Waals surface area contributed by atoms with E-state index in [4.69, 9.17) is 0 Å². The van der Waals surface area contributed by atoms with Crippen molar-refractivity contribution in [2.24, 2.45) is 0 Å². The molecule has 0 aromatic heterocycles. The zero-order chi connectivity index (χ0) is 12.7. The van der Waals surface area contributed by atoms with Crippen LogP contribution in [0.4, 0.5) is 13.2 Å². The maximum absolute atomic E-state index is 12.4. The van der Waals surface area contributed by atoms with Crippen LogP contribution in [0.3, 0.4) is 0 Å². The zero-order valence-corrected chi connectivity index (χ0v) is 10.5. The summed E-state index contributed by atoms with van der Waals surface area (Å²) in [5.74, 6) is 0.779. The number of halogens is 3. The zero-order valence-electron chi connectivity index (χ0n) is 9.68. The third-order valence-corrected chi connectivity index (χ3v) is 3.13. The first-order chi connectivity index (χ1) is 8.04. The van der Waals surface area contributed by atoms with E-state index < -0.39 is 11.7 Å². The van der Waals surface area contributed by atoms with E-state index in [9.17, 15) is 13.2 Å². The normalized spacial score (nSPS) is 11.8. The summed E-state index contributed by atoms with van der Waals surface area (Å²) >= 11 is 1.44. The van der Waals surface area contributed by atoms with E-state index in [1.165, 1.54) is 23.9 Å². The predicted octanol–water partition coefficient (Wildman–Crippen LogP) is 3.80. The van der Waals surface area contributed by atoms with Gasteiger partial charge in [-0.05, 0) is 31.2 Å². The minimum Gasteiger partial charge on any atom is -0.316 e. The largest absolute Gasteiger partial charge is 0.416 e. The molecule has 1 aromatic rings. The lowest BCUT2D eigenvalue weighted by molar-refractivity contribution is -0.137. The second-order valence-electron chi connectivity index (χ2n) is 3.62. The van der Waals surface area contributed by atoms with E-state index >= 15 is 0 Å². The molecule has 1 N–H and O–H groups in total. The van der Waals surface area contributed by atoms with Gasteiger partial charge in [0.25, 0.3) is 0 Å². The number of thioether (sulfide) groups is 1. The summed E-state index contributed by atoms with van der Waals surface area (Å²) in [4.78, 5) is 0.665. The quantitative estimate of drug-likeness (QED) is 0.619. The van der Waals surface area contributed by atoms with Crippen LogP contribution in [0.5, 0.6) is 0 Å². The third kappa shape index (κ3) is 5.46. The summed E-state index contributed by atoms with van der Waals surface area (Å²) in [6.45, 7) is 3.84. The van der Waals surface area contributed by atoms with Crippen LogP contribution in [-0.2, 0) is 6.18 Å². The number of nitrogens with one attached hydrogen (secondary N) is 1. The molecule has 0 saturated carbocycles. The van der Waals surface area contributed by atoms with Crippen molar-refractivity contribution in [2.75, 3.05) is 18.8 Å². The van der Waals surface area contributed by atoms with Gasteiger partial charge in [-0.2, -0.15) is 13.2 Å². The molecule has 0 spiro atoms. The van der Waals surface area contributed by atoms with Crippen LogP contribution in [0.2, 0.25) is 0 Å². The Bertz CT molecular complexity index is 339. The van der Waals surface area contributed by atoms with Crippen LogP contribution < -0.4 is 5.32 Å². The Labute approximate surface area is 104 Å². The van der Waals surface area contributed by atoms with Gasteiger partial charge in [-0.3, -0.25) is 0 Å². The maximum Gasteiger partial charge on any atom is 0.416 e. The topological polar surface area (TPSA) is 12.0 Å². The van der Waals surface area contributed by atoms with E-state index in [-0.39, 0.29) is 0 Å². The van der Waals surface area contributed by atoms with Gasteiger partial charge >= 0.3 is 6.18 Å². The molecule has 0 radical (unpaired) electrons. The van der Waals surface area contributed by atoms with Crippen molar-refractivity contribution in [3.63, 3.8) is 0 Å². The molecular formula is C12H16F3NS. The molecule has 0 fully saturated rings. The molecule has 0 aliphatic heterocycles. The maximum atomic E-state index is 12.4. The molecule has 0 heterocycles. The van der Waals surface area contributed by atoms with Gasteiger partial charge in [0.15, 0.2) is 0 Å². The molecule has 1 nitrogen and oxygen atoms in total. The standard InChI is InChI=1S/C12H16F3NS/c1-2-6-16-7-8-17-11-5-3-4-10(9-11)12(13,14)15/h3-5,9,16H,2,6-8H2,1H3. The van der Waals surface area contributed by atoms with Crippen LogP contribution in [-0.4, -0.2) is 18.8 Å². The first-order valence-electron chi connectivity index (χ1n) is 5.55. The molecule has 0 aliphatic rings. The van der Waals surface area contributed by atoms with Gasteiger partial charge in [0.1, 0.15) is 0 Å². The van der Waals surface area contributed by atoms with Gasteiger partial charge in [-0.1, -0.05) is 13.0 Å². The highest BCUT2D eigenvalue weighted by Gasteiger charge is 2.30. The summed E-state index contributed by atoms with van der Waals surface area (Å²) in [7, 11) is 0. The van der Waals surface area contributed by atoms with E-state index in [1.54, 1.807) is 6.07 Å². The fourth-order valence-electron chi connectivity index (χ4n) is 1.31. The molecule has 0 unspecified atom stereocenters. The lowest BCUT2D eigenvalue weighted by Gasteiger charge is -2.08. The Morgan fingerprint density at radius 1 is 1.24 bits per heavy atom. The van der Waals surface area contributed by atoms with Crippen LogP contribution in [0.1, 0.15) is 18.9 Å². The Morgan fingerprint density at radius 3 is 2.65 bits per heavy atom.